The first-order valence-electron chi connectivity index (χ1n) is 8.12. The van der Waals surface area contributed by atoms with Crippen LogP contribution in [-0.4, -0.2) is 34.8 Å². The fourth-order valence-electron chi connectivity index (χ4n) is 3.23. The highest BCUT2D eigenvalue weighted by molar-refractivity contribution is 5.97. The van der Waals surface area contributed by atoms with Crippen molar-refractivity contribution in [1.29, 1.82) is 0 Å². The maximum absolute atomic E-state index is 12.8. The van der Waals surface area contributed by atoms with Crippen LogP contribution >= 0.6 is 0 Å². The minimum absolute atomic E-state index is 0.0278. The van der Waals surface area contributed by atoms with Gasteiger partial charge in [0, 0.05) is 6.04 Å². The van der Waals surface area contributed by atoms with Crippen molar-refractivity contribution >= 4 is 11.8 Å². The molecule has 1 saturated heterocycles. The van der Waals surface area contributed by atoms with Gasteiger partial charge < -0.3 is 10.2 Å². The predicted molar refractivity (Wildman–Crippen MR) is 79.1 cm³/mol. The van der Waals surface area contributed by atoms with E-state index in [1.54, 1.807) is 0 Å². The molecule has 0 radical (unpaired) electrons. The Bertz CT molecular complexity index is 379. The number of carbonyl (C=O) groups excluding carboxylic acids is 2. The lowest BCUT2D eigenvalue weighted by Crippen LogP contribution is -2.66. The zero-order chi connectivity index (χ0) is 14.9. The van der Waals surface area contributed by atoms with Gasteiger partial charge in [-0.3, -0.25) is 9.59 Å². The Hall–Kier alpha value is -1.06. The van der Waals surface area contributed by atoms with E-state index >= 15 is 0 Å². The minimum atomic E-state index is -0.336. The fraction of sp³-hybridized carbons (Fsp3) is 0.875. The molecular formula is C16H28N2O2. The van der Waals surface area contributed by atoms with Gasteiger partial charge in [0.2, 0.25) is 11.8 Å². The summed E-state index contributed by atoms with van der Waals surface area (Å²) in [5.41, 5.74) is 0. The number of carbonyl (C=O) groups is 2. The average Bonchev–Trinajstić information content (AvgIpc) is 3.23. The Morgan fingerprint density at radius 3 is 2.40 bits per heavy atom. The Labute approximate surface area is 122 Å². The summed E-state index contributed by atoms with van der Waals surface area (Å²) in [6.45, 7) is 8.19. The topological polar surface area (TPSA) is 49.4 Å². The van der Waals surface area contributed by atoms with Crippen LogP contribution in [0.15, 0.2) is 0 Å². The van der Waals surface area contributed by atoms with E-state index < -0.39 is 0 Å². The molecule has 20 heavy (non-hydrogen) atoms. The number of rotatable bonds is 6. The lowest BCUT2D eigenvalue weighted by Gasteiger charge is -2.43. The van der Waals surface area contributed by atoms with Crippen molar-refractivity contribution in [3.63, 3.8) is 0 Å². The van der Waals surface area contributed by atoms with Crippen molar-refractivity contribution in [2.24, 2.45) is 11.8 Å². The molecule has 1 saturated carbocycles. The summed E-state index contributed by atoms with van der Waals surface area (Å²) in [6.07, 6.45) is 5.20. The maximum Gasteiger partial charge on any atom is 0.246 e. The molecule has 2 rings (SSSR count). The number of amides is 2. The fourth-order valence-corrected chi connectivity index (χ4v) is 3.23. The van der Waals surface area contributed by atoms with E-state index in [0.717, 1.165) is 18.8 Å². The van der Waals surface area contributed by atoms with E-state index in [1.807, 2.05) is 18.7 Å². The third kappa shape index (κ3) is 2.99. The first-order chi connectivity index (χ1) is 9.49. The van der Waals surface area contributed by atoms with Gasteiger partial charge in [-0.05, 0) is 31.6 Å². The van der Waals surface area contributed by atoms with Crippen molar-refractivity contribution in [2.45, 2.75) is 77.9 Å². The number of hydrogen-bond acceptors (Lipinski definition) is 2. The van der Waals surface area contributed by atoms with Crippen LogP contribution in [0.25, 0.3) is 0 Å². The van der Waals surface area contributed by atoms with Gasteiger partial charge in [-0.15, -0.1) is 0 Å². The van der Waals surface area contributed by atoms with Crippen LogP contribution in [0.1, 0.15) is 59.8 Å². The number of nitrogens with zero attached hydrogens (tertiary/aromatic N) is 1. The van der Waals surface area contributed by atoms with Gasteiger partial charge >= 0.3 is 0 Å². The van der Waals surface area contributed by atoms with E-state index in [9.17, 15) is 9.59 Å². The van der Waals surface area contributed by atoms with Crippen LogP contribution in [0.5, 0.6) is 0 Å². The highest BCUT2D eigenvalue weighted by Crippen LogP contribution is 2.36. The molecule has 1 aliphatic heterocycles. The molecule has 2 aliphatic rings. The molecule has 0 bridgehead atoms. The summed E-state index contributed by atoms with van der Waals surface area (Å²) in [7, 11) is 0. The Morgan fingerprint density at radius 1 is 1.25 bits per heavy atom. The van der Waals surface area contributed by atoms with Crippen LogP contribution in [0.4, 0.5) is 0 Å². The van der Waals surface area contributed by atoms with Gasteiger partial charge in [0.05, 0.1) is 0 Å². The first kappa shape index (κ1) is 15.3. The molecule has 1 N–H and O–H groups in total. The molecule has 4 atom stereocenters. The maximum atomic E-state index is 12.8. The number of nitrogens with one attached hydrogen (secondary N) is 1. The first-order valence-corrected chi connectivity index (χ1v) is 8.12. The molecule has 4 unspecified atom stereocenters. The highest BCUT2D eigenvalue weighted by atomic mass is 16.2. The summed E-state index contributed by atoms with van der Waals surface area (Å²) >= 11 is 0. The lowest BCUT2D eigenvalue weighted by atomic mass is 9.92. The van der Waals surface area contributed by atoms with Crippen LogP contribution in [0, 0.1) is 11.8 Å². The van der Waals surface area contributed by atoms with Crippen molar-refractivity contribution < 1.29 is 9.59 Å². The standard InChI is InChI=1S/C16H28N2O2/c1-5-10(3)14-16(20)18(11(4)9-12-7-8-12)13(6-2)15(19)17-14/h10-14H,5-9H2,1-4H3,(H,17,19). The molecule has 0 spiro atoms. The molecular weight excluding hydrogens is 252 g/mol. The van der Waals surface area contributed by atoms with Crippen molar-refractivity contribution in [3.05, 3.63) is 0 Å². The smallest absolute Gasteiger partial charge is 0.246 e. The minimum Gasteiger partial charge on any atom is -0.342 e. The van der Waals surface area contributed by atoms with E-state index in [4.69, 9.17) is 0 Å². The largest absolute Gasteiger partial charge is 0.342 e. The van der Waals surface area contributed by atoms with Crippen LogP contribution in [0.3, 0.4) is 0 Å². The monoisotopic (exact) mass is 280 g/mol. The van der Waals surface area contributed by atoms with Gasteiger partial charge in [0.15, 0.2) is 0 Å². The normalized spacial score (nSPS) is 30.1. The van der Waals surface area contributed by atoms with E-state index in [0.29, 0.717) is 6.42 Å². The molecule has 4 nitrogen and oxygen atoms in total. The molecule has 0 aromatic carbocycles. The molecule has 1 aliphatic carbocycles. The average molecular weight is 280 g/mol. The zero-order valence-electron chi connectivity index (χ0n) is 13.2. The van der Waals surface area contributed by atoms with Crippen LogP contribution in [-0.2, 0) is 9.59 Å². The molecule has 1 heterocycles. The SMILES string of the molecule is CCC(C)C1NC(=O)C(CC)N(C(C)CC2CC2)C1=O. The third-order valence-corrected chi connectivity index (χ3v) is 4.90. The second-order valence-electron chi connectivity index (χ2n) is 6.57. The van der Waals surface area contributed by atoms with E-state index in [-0.39, 0.29) is 35.9 Å². The van der Waals surface area contributed by atoms with Gasteiger partial charge in [0.1, 0.15) is 12.1 Å². The summed E-state index contributed by atoms with van der Waals surface area (Å²) in [5, 5.41) is 2.94. The van der Waals surface area contributed by atoms with Gasteiger partial charge in [-0.2, -0.15) is 0 Å². The molecule has 0 aromatic rings. The number of hydrogen-bond donors (Lipinski definition) is 1. The molecule has 2 fully saturated rings. The van der Waals surface area contributed by atoms with Gasteiger partial charge in [0.25, 0.3) is 0 Å². The molecule has 114 valence electrons. The third-order valence-electron chi connectivity index (χ3n) is 4.90. The summed E-state index contributed by atoms with van der Waals surface area (Å²) in [5.74, 6) is 1.11. The van der Waals surface area contributed by atoms with Crippen molar-refractivity contribution in [3.8, 4) is 0 Å². The van der Waals surface area contributed by atoms with Crippen molar-refractivity contribution in [2.75, 3.05) is 0 Å². The van der Waals surface area contributed by atoms with E-state index in [2.05, 4.69) is 19.2 Å². The Balaban J connectivity index is 2.17. The summed E-state index contributed by atoms with van der Waals surface area (Å²) in [4.78, 5) is 27.0. The zero-order valence-corrected chi connectivity index (χ0v) is 13.2. The Kier molecular flexibility index (Phi) is 4.71. The second-order valence-corrected chi connectivity index (χ2v) is 6.57. The molecule has 0 aromatic heterocycles. The van der Waals surface area contributed by atoms with Gasteiger partial charge in [-0.25, -0.2) is 0 Å². The Morgan fingerprint density at radius 2 is 1.90 bits per heavy atom. The second kappa shape index (κ2) is 6.15. The highest BCUT2D eigenvalue weighted by Gasteiger charge is 2.44. The summed E-state index contributed by atoms with van der Waals surface area (Å²) in [6, 6.07) is -0.439. The van der Waals surface area contributed by atoms with Crippen LogP contribution in [0.2, 0.25) is 0 Å². The van der Waals surface area contributed by atoms with Gasteiger partial charge in [-0.1, -0.05) is 40.0 Å². The number of piperazine rings is 1. The predicted octanol–water partition coefficient (Wildman–Crippen LogP) is 2.33. The quantitative estimate of drug-likeness (QED) is 0.812. The van der Waals surface area contributed by atoms with Crippen LogP contribution < -0.4 is 5.32 Å². The molecule has 4 heteroatoms. The molecule has 2 amide bonds. The summed E-state index contributed by atoms with van der Waals surface area (Å²) < 4.78 is 0. The lowest BCUT2D eigenvalue weighted by molar-refractivity contribution is -0.153. The van der Waals surface area contributed by atoms with E-state index in [1.165, 1.54) is 12.8 Å². The van der Waals surface area contributed by atoms with Crippen molar-refractivity contribution in [1.82, 2.24) is 10.2 Å².